The van der Waals surface area contributed by atoms with Crippen molar-refractivity contribution in [2.24, 2.45) is 29.1 Å². The Kier molecular flexibility index (Phi) is 6.80. The molecule has 0 radical (unpaired) electrons. The van der Waals surface area contributed by atoms with Crippen molar-refractivity contribution in [1.82, 2.24) is 0 Å². The van der Waals surface area contributed by atoms with Gasteiger partial charge in [0.1, 0.15) is 4.75 Å². The highest BCUT2D eigenvalue weighted by Crippen LogP contribution is 2.60. The van der Waals surface area contributed by atoms with Crippen LogP contribution in [0.5, 0.6) is 0 Å². The number of allylic oxidation sites excluding steroid dienone is 1. The van der Waals surface area contributed by atoms with E-state index in [-0.39, 0.29) is 11.9 Å². The number of hydrogen-bond acceptors (Lipinski definition) is 3. The van der Waals surface area contributed by atoms with Crippen LogP contribution in [0.3, 0.4) is 0 Å². The average Bonchev–Trinajstić information content (AvgIpc) is 3.14. The van der Waals surface area contributed by atoms with Crippen LogP contribution in [0, 0.1) is 29.1 Å². The molecule has 0 aromatic heterocycles. The fourth-order valence-corrected chi connectivity index (χ4v) is 10.0. The summed E-state index contributed by atoms with van der Waals surface area (Å²) >= 11 is 0. The van der Waals surface area contributed by atoms with Gasteiger partial charge in [0.2, 0.25) is 0 Å². The molecule has 0 spiro atoms. The van der Waals surface area contributed by atoms with Crippen molar-refractivity contribution in [3.63, 3.8) is 0 Å². The summed E-state index contributed by atoms with van der Waals surface area (Å²) in [6, 6.07) is 0. The first-order valence-corrected chi connectivity index (χ1v) is 15.0. The number of rotatable bonds is 6. The molecule has 1 heterocycles. The number of hydrogen-bond donors (Lipinski definition) is 1. The molecule has 3 nitrogen and oxygen atoms in total. The van der Waals surface area contributed by atoms with Gasteiger partial charge in [-0.1, -0.05) is 64.2 Å². The largest absolute Gasteiger partial charge is 0.393 e. The summed E-state index contributed by atoms with van der Waals surface area (Å²) < 4.78 is 25.9. The molecule has 0 saturated heterocycles. The predicted molar refractivity (Wildman–Crippen MR) is 133 cm³/mol. The van der Waals surface area contributed by atoms with E-state index in [2.05, 4.69) is 33.8 Å². The van der Waals surface area contributed by atoms with Crippen LogP contribution in [-0.4, -0.2) is 30.1 Å². The summed E-state index contributed by atoms with van der Waals surface area (Å²) in [4.78, 5) is 0. The Hall–Kier alpha value is -0.610. The van der Waals surface area contributed by atoms with Crippen LogP contribution in [0.1, 0.15) is 105 Å². The number of aliphatic hydroxyl groups is 1. The van der Waals surface area contributed by atoms with Gasteiger partial charge in [-0.2, -0.15) is 0 Å². The number of sulfone groups is 1. The van der Waals surface area contributed by atoms with Gasteiger partial charge in [0, 0.05) is 0 Å². The van der Waals surface area contributed by atoms with Crippen LogP contribution in [0.2, 0.25) is 0 Å². The van der Waals surface area contributed by atoms with Crippen molar-refractivity contribution < 1.29 is 13.5 Å². The quantitative estimate of drug-likeness (QED) is 0.451. The van der Waals surface area contributed by atoms with Crippen molar-refractivity contribution in [2.45, 2.75) is 116 Å². The van der Waals surface area contributed by atoms with Crippen LogP contribution >= 0.6 is 0 Å². The molecule has 32 heavy (non-hydrogen) atoms. The molecular weight excluding hydrogens is 416 g/mol. The molecule has 3 aliphatic carbocycles. The molecule has 182 valence electrons. The van der Waals surface area contributed by atoms with Crippen molar-refractivity contribution in [3.05, 3.63) is 22.8 Å². The number of fused-ring (bicyclic) bond motifs is 1. The zero-order valence-electron chi connectivity index (χ0n) is 21.1. The van der Waals surface area contributed by atoms with Gasteiger partial charge >= 0.3 is 0 Å². The Balaban J connectivity index is 1.60. The molecular formula is C28H46O3S. The van der Waals surface area contributed by atoms with Gasteiger partial charge < -0.3 is 5.11 Å². The van der Waals surface area contributed by atoms with E-state index in [0.29, 0.717) is 24.2 Å². The fourth-order valence-electron chi connectivity index (χ4n) is 8.02. The standard InChI is InChI=1S/C28H46O3S/c1-19(2)8-6-9-20(3)24-13-14-25-21(10-7-15-27(24,25)4)17-28(5)26-16-23(29)12-11-22(26)18-32(28,30)31/h17,19-20,23-25,29H,6-16,18H2,1-5H3/b21-17+/t20-,23+,24-,25+,27-,28+/m1/s1. The molecule has 6 atom stereocenters. The molecule has 0 bridgehead atoms. The molecule has 4 rings (SSSR count). The minimum absolute atomic E-state index is 0.201. The molecule has 0 aromatic carbocycles. The van der Waals surface area contributed by atoms with Gasteiger partial charge in [0.05, 0.1) is 11.9 Å². The topological polar surface area (TPSA) is 54.4 Å². The summed E-state index contributed by atoms with van der Waals surface area (Å²) in [7, 11) is -3.25. The molecule has 4 heteroatoms. The third-order valence-electron chi connectivity index (χ3n) is 9.88. The average molecular weight is 463 g/mol. The normalized spacial score (nSPS) is 41.2. The Labute approximate surface area is 197 Å². The zero-order valence-corrected chi connectivity index (χ0v) is 21.9. The highest BCUT2D eigenvalue weighted by Gasteiger charge is 2.53. The van der Waals surface area contributed by atoms with Crippen LogP contribution < -0.4 is 0 Å². The minimum Gasteiger partial charge on any atom is -0.393 e. The third-order valence-corrected chi connectivity index (χ3v) is 12.3. The lowest BCUT2D eigenvalue weighted by atomic mass is 9.60. The molecule has 1 N–H and O–H groups in total. The zero-order chi connectivity index (χ0) is 23.3. The maximum Gasteiger partial charge on any atom is 0.166 e. The Bertz CT molecular complexity index is 882. The summed E-state index contributed by atoms with van der Waals surface area (Å²) in [5.74, 6) is 3.01. The van der Waals surface area contributed by atoms with Crippen LogP contribution in [0.15, 0.2) is 22.8 Å². The lowest BCUT2D eigenvalue weighted by molar-refractivity contribution is 0.0925. The van der Waals surface area contributed by atoms with E-state index in [0.717, 1.165) is 41.7 Å². The lowest BCUT2D eigenvalue weighted by Crippen LogP contribution is -2.39. The van der Waals surface area contributed by atoms with Gasteiger partial charge in [-0.3, -0.25) is 0 Å². The predicted octanol–water partition coefficient (Wildman–Crippen LogP) is 6.62. The van der Waals surface area contributed by atoms with E-state index in [1.807, 2.05) is 6.92 Å². The van der Waals surface area contributed by atoms with Gasteiger partial charge in [-0.15, -0.1) is 0 Å². The Morgan fingerprint density at radius 1 is 1.09 bits per heavy atom. The second-order valence-electron chi connectivity index (χ2n) is 12.5. The minimum atomic E-state index is -3.25. The highest BCUT2D eigenvalue weighted by molar-refractivity contribution is 7.93. The smallest absolute Gasteiger partial charge is 0.166 e. The monoisotopic (exact) mass is 462 g/mol. The van der Waals surface area contributed by atoms with E-state index in [1.165, 1.54) is 50.5 Å². The van der Waals surface area contributed by atoms with Crippen LogP contribution in [0.25, 0.3) is 0 Å². The summed E-state index contributed by atoms with van der Waals surface area (Å²) in [5.41, 5.74) is 3.84. The molecule has 0 aromatic rings. The second-order valence-corrected chi connectivity index (χ2v) is 14.8. The van der Waals surface area contributed by atoms with Crippen molar-refractivity contribution >= 4 is 9.84 Å². The highest BCUT2D eigenvalue weighted by atomic mass is 32.2. The maximum atomic E-state index is 13.4. The molecule has 4 aliphatic rings. The number of aliphatic hydroxyl groups excluding tert-OH is 1. The van der Waals surface area contributed by atoms with Gasteiger partial charge in [-0.25, -0.2) is 8.42 Å². The van der Waals surface area contributed by atoms with Crippen molar-refractivity contribution in [3.8, 4) is 0 Å². The second kappa shape index (κ2) is 8.87. The molecule has 2 saturated carbocycles. The lowest BCUT2D eigenvalue weighted by Gasteiger charge is -2.45. The first-order chi connectivity index (χ1) is 15.0. The first-order valence-electron chi connectivity index (χ1n) is 13.3. The van der Waals surface area contributed by atoms with E-state index in [1.54, 1.807) is 0 Å². The van der Waals surface area contributed by atoms with E-state index < -0.39 is 14.6 Å². The van der Waals surface area contributed by atoms with Gasteiger partial charge in [0.25, 0.3) is 0 Å². The SMILES string of the molecule is CC(C)CCC[C@@H](C)[C@H]1CC[C@H]2/C(=C/[C@@]3(C)C4=C(CC[C@H](O)C4)CS3(=O)=O)CCC[C@]12C. The van der Waals surface area contributed by atoms with Crippen molar-refractivity contribution in [1.29, 1.82) is 0 Å². The molecule has 1 aliphatic heterocycles. The summed E-state index contributed by atoms with van der Waals surface area (Å²) in [6.45, 7) is 11.6. The van der Waals surface area contributed by atoms with E-state index in [4.69, 9.17) is 0 Å². The Morgan fingerprint density at radius 3 is 2.56 bits per heavy atom. The fraction of sp³-hybridized carbons (Fsp3) is 0.857. The summed E-state index contributed by atoms with van der Waals surface area (Å²) in [5, 5.41) is 10.3. The van der Waals surface area contributed by atoms with Crippen LogP contribution in [0.4, 0.5) is 0 Å². The van der Waals surface area contributed by atoms with Gasteiger partial charge in [0.15, 0.2) is 9.84 Å². The van der Waals surface area contributed by atoms with Crippen LogP contribution in [-0.2, 0) is 9.84 Å². The Morgan fingerprint density at radius 2 is 1.84 bits per heavy atom. The molecule has 0 amide bonds. The summed E-state index contributed by atoms with van der Waals surface area (Å²) in [6.07, 6.45) is 13.8. The maximum absolute atomic E-state index is 13.4. The molecule has 2 fully saturated rings. The van der Waals surface area contributed by atoms with Gasteiger partial charge in [-0.05, 0) is 93.0 Å². The van der Waals surface area contributed by atoms with E-state index in [9.17, 15) is 13.5 Å². The van der Waals surface area contributed by atoms with Crippen molar-refractivity contribution in [2.75, 3.05) is 5.75 Å². The third kappa shape index (κ3) is 4.17. The molecule has 0 unspecified atom stereocenters. The first kappa shape index (κ1) is 24.5. The van der Waals surface area contributed by atoms with E-state index >= 15 is 0 Å².